The Kier molecular flexibility index (Phi) is 4.56. The predicted molar refractivity (Wildman–Crippen MR) is 113 cm³/mol. The fraction of sp³-hybridized carbons (Fsp3) is 0.111. The highest BCUT2D eigenvalue weighted by molar-refractivity contribution is 14.1. The van der Waals surface area contributed by atoms with Crippen molar-refractivity contribution in [2.24, 2.45) is 0 Å². The second kappa shape index (κ2) is 6.92. The van der Waals surface area contributed by atoms with E-state index in [1.165, 1.54) is 4.90 Å². The molecule has 8 nitrogen and oxygen atoms in total. The van der Waals surface area contributed by atoms with Crippen molar-refractivity contribution in [3.8, 4) is 6.07 Å². The fourth-order valence-corrected chi connectivity index (χ4v) is 4.73. The number of H-pyrrole nitrogens is 1. The van der Waals surface area contributed by atoms with Gasteiger partial charge in [-0.3, -0.25) is 9.69 Å². The SMILES string of the molecule is CCOC(=O)c1sc2[nH]c(=O)c(C#N)c3c2c1NC(=O)N3c1ccccc1I. The minimum Gasteiger partial charge on any atom is -0.462 e. The molecule has 0 bridgehead atoms. The zero-order valence-corrected chi connectivity index (χ0v) is 17.3. The number of benzene rings is 1. The molecule has 28 heavy (non-hydrogen) atoms. The Morgan fingerprint density at radius 1 is 1.36 bits per heavy atom. The number of nitrogens with one attached hydrogen (secondary N) is 2. The number of anilines is 3. The van der Waals surface area contributed by atoms with E-state index in [0.29, 0.717) is 15.9 Å². The van der Waals surface area contributed by atoms with Crippen LogP contribution in [0.4, 0.5) is 21.9 Å². The molecule has 0 radical (unpaired) electrons. The molecule has 0 saturated heterocycles. The van der Waals surface area contributed by atoms with Crippen LogP contribution in [0.25, 0.3) is 10.2 Å². The Labute approximate surface area is 175 Å². The van der Waals surface area contributed by atoms with Crippen LogP contribution >= 0.6 is 33.9 Å². The lowest BCUT2D eigenvalue weighted by molar-refractivity contribution is 0.0533. The Hall–Kier alpha value is -2.91. The minimum atomic E-state index is -0.626. The zero-order chi connectivity index (χ0) is 20.0. The Bertz CT molecular complexity index is 1260. The van der Waals surface area contributed by atoms with Crippen LogP contribution in [0.2, 0.25) is 0 Å². The lowest BCUT2D eigenvalue weighted by Gasteiger charge is -2.29. The second-order valence-electron chi connectivity index (χ2n) is 5.74. The maximum atomic E-state index is 13.0. The van der Waals surface area contributed by atoms with E-state index in [-0.39, 0.29) is 28.4 Å². The van der Waals surface area contributed by atoms with Crippen molar-refractivity contribution in [2.45, 2.75) is 6.92 Å². The average Bonchev–Trinajstić information content (AvgIpc) is 3.01. The van der Waals surface area contributed by atoms with Crippen molar-refractivity contribution >= 4 is 73.2 Å². The first kappa shape index (κ1) is 18.5. The van der Waals surface area contributed by atoms with Gasteiger partial charge in [0.25, 0.3) is 5.56 Å². The third kappa shape index (κ3) is 2.66. The van der Waals surface area contributed by atoms with Gasteiger partial charge in [-0.1, -0.05) is 12.1 Å². The van der Waals surface area contributed by atoms with Gasteiger partial charge in [0.15, 0.2) is 0 Å². The predicted octanol–water partition coefficient (Wildman–Crippen LogP) is 3.93. The van der Waals surface area contributed by atoms with Crippen LogP contribution in [0, 0.1) is 14.9 Å². The number of carbonyl (C=O) groups is 2. The number of para-hydroxylation sites is 1. The zero-order valence-electron chi connectivity index (χ0n) is 14.3. The number of urea groups is 1. The molecule has 0 unspecified atom stereocenters. The number of nitriles is 1. The third-order valence-corrected chi connectivity index (χ3v) is 6.16. The number of ether oxygens (including phenoxy) is 1. The number of aromatic amines is 1. The first-order valence-electron chi connectivity index (χ1n) is 8.13. The van der Waals surface area contributed by atoms with Gasteiger partial charge in [-0.2, -0.15) is 5.26 Å². The molecule has 140 valence electrons. The molecule has 0 aliphatic carbocycles. The normalized spacial score (nSPS) is 12.6. The molecule has 3 heterocycles. The van der Waals surface area contributed by atoms with Gasteiger partial charge < -0.3 is 15.0 Å². The number of rotatable bonds is 3. The number of aromatic nitrogens is 1. The first-order chi connectivity index (χ1) is 13.5. The second-order valence-corrected chi connectivity index (χ2v) is 7.92. The summed E-state index contributed by atoms with van der Waals surface area (Å²) in [6, 6.07) is 8.44. The summed E-state index contributed by atoms with van der Waals surface area (Å²) in [5.41, 5.74) is 0.109. The topological polar surface area (TPSA) is 115 Å². The molecule has 1 aliphatic rings. The summed E-state index contributed by atoms with van der Waals surface area (Å²) in [5, 5.41) is 12.8. The van der Waals surface area contributed by atoms with Gasteiger partial charge in [-0.15, -0.1) is 11.3 Å². The van der Waals surface area contributed by atoms with Gasteiger partial charge in [-0.05, 0) is 41.6 Å². The first-order valence-corrected chi connectivity index (χ1v) is 10.0. The quantitative estimate of drug-likeness (QED) is 0.413. The van der Waals surface area contributed by atoms with Crippen LogP contribution in [0.15, 0.2) is 29.1 Å². The highest BCUT2D eigenvalue weighted by Gasteiger charge is 2.36. The molecule has 2 aromatic heterocycles. The van der Waals surface area contributed by atoms with Crippen LogP contribution in [0.1, 0.15) is 22.2 Å². The largest absolute Gasteiger partial charge is 0.462 e. The fourth-order valence-electron chi connectivity index (χ4n) is 3.06. The monoisotopic (exact) mass is 506 g/mol. The minimum absolute atomic E-state index is 0.163. The van der Waals surface area contributed by atoms with Crippen LogP contribution < -0.4 is 15.8 Å². The van der Waals surface area contributed by atoms with E-state index in [2.05, 4.69) is 32.9 Å². The summed E-state index contributed by atoms with van der Waals surface area (Å²) in [7, 11) is 0. The summed E-state index contributed by atoms with van der Waals surface area (Å²) in [6.45, 7) is 1.84. The van der Waals surface area contributed by atoms with Gasteiger partial charge in [-0.25, -0.2) is 9.59 Å². The van der Waals surface area contributed by atoms with E-state index in [1.807, 2.05) is 18.2 Å². The molecule has 0 atom stereocenters. The molecule has 10 heteroatoms. The van der Waals surface area contributed by atoms with E-state index in [0.717, 1.165) is 14.9 Å². The lowest BCUT2D eigenvalue weighted by atomic mass is 10.1. The Balaban J connectivity index is 2.11. The molecule has 3 aromatic rings. The van der Waals surface area contributed by atoms with Crippen molar-refractivity contribution in [3.63, 3.8) is 0 Å². The highest BCUT2D eigenvalue weighted by atomic mass is 127. The summed E-state index contributed by atoms with van der Waals surface area (Å²) < 4.78 is 5.83. The molecule has 0 fully saturated rings. The number of nitrogens with zero attached hydrogens (tertiary/aromatic N) is 2. The molecule has 1 aromatic carbocycles. The number of thiophene rings is 1. The maximum absolute atomic E-state index is 13.0. The number of hydrogen-bond donors (Lipinski definition) is 2. The number of esters is 1. The summed E-state index contributed by atoms with van der Waals surface area (Å²) in [5.74, 6) is -0.605. The molecule has 1 aliphatic heterocycles. The van der Waals surface area contributed by atoms with Crippen LogP contribution in [0.3, 0.4) is 0 Å². The standard InChI is InChI=1S/C18H11IN4O4S/c1-2-27-17(25)14-12-11-13(8(7-20)15(24)22-16(11)28-14)23(18(26)21-12)10-6-4-3-5-9(10)19/h3-6H,2H2,1H3,(H,21,26)(H,22,24). The number of pyridine rings is 1. The Morgan fingerprint density at radius 2 is 2.11 bits per heavy atom. The summed E-state index contributed by atoms with van der Waals surface area (Å²) >= 11 is 3.08. The molecule has 4 rings (SSSR count). The number of halogens is 1. The van der Waals surface area contributed by atoms with Crippen LogP contribution in [-0.2, 0) is 4.74 Å². The van der Waals surface area contributed by atoms with Crippen molar-refractivity contribution in [1.82, 2.24) is 4.98 Å². The molecule has 2 N–H and O–H groups in total. The van der Waals surface area contributed by atoms with Gasteiger partial charge in [0, 0.05) is 3.57 Å². The van der Waals surface area contributed by atoms with Crippen molar-refractivity contribution in [3.05, 3.63) is 48.6 Å². The lowest BCUT2D eigenvalue weighted by Crippen LogP contribution is -2.36. The molecular formula is C18H11IN4O4S. The number of hydrogen-bond acceptors (Lipinski definition) is 6. The van der Waals surface area contributed by atoms with Crippen molar-refractivity contribution in [2.75, 3.05) is 16.8 Å². The highest BCUT2D eigenvalue weighted by Crippen LogP contribution is 2.47. The molecular weight excluding hydrogens is 495 g/mol. The van der Waals surface area contributed by atoms with Gasteiger partial charge in [0.2, 0.25) is 0 Å². The third-order valence-electron chi connectivity index (χ3n) is 4.16. The summed E-state index contributed by atoms with van der Waals surface area (Å²) in [4.78, 5) is 42.3. The Morgan fingerprint density at radius 3 is 2.79 bits per heavy atom. The van der Waals surface area contributed by atoms with Crippen LogP contribution in [-0.4, -0.2) is 23.6 Å². The van der Waals surface area contributed by atoms with Gasteiger partial charge >= 0.3 is 12.0 Å². The smallest absolute Gasteiger partial charge is 0.350 e. The van der Waals surface area contributed by atoms with Crippen molar-refractivity contribution < 1.29 is 14.3 Å². The van der Waals surface area contributed by atoms with E-state index < -0.39 is 17.6 Å². The average molecular weight is 506 g/mol. The number of amides is 2. The number of carbonyl (C=O) groups excluding carboxylic acids is 2. The molecule has 0 spiro atoms. The molecule has 2 amide bonds. The van der Waals surface area contributed by atoms with Gasteiger partial charge in [0.1, 0.15) is 21.3 Å². The van der Waals surface area contributed by atoms with E-state index >= 15 is 0 Å². The maximum Gasteiger partial charge on any atom is 0.350 e. The van der Waals surface area contributed by atoms with E-state index in [9.17, 15) is 19.6 Å². The van der Waals surface area contributed by atoms with E-state index in [4.69, 9.17) is 4.74 Å². The van der Waals surface area contributed by atoms with Crippen molar-refractivity contribution in [1.29, 1.82) is 5.26 Å². The van der Waals surface area contributed by atoms with Crippen LogP contribution in [0.5, 0.6) is 0 Å². The van der Waals surface area contributed by atoms with Gasteiger partial charge in [0.05, 0.1) is 29.1 Å². The van der Waals surface area contributed by atoms with E-state index in [1.54, 1.807) is 19.1 Å². The molecule has 0 saturated carbocycles. The summed E-state index contributed by atoms with van der Waals surface area (Å²) in [6.07, 6.45) is 0.